The zero-order chi connectivity index (χ0) is 12.6. The molecular weight excluding hydrogens is 196 g/mol. The fraction of sp³-hybridized carbons (Fsp3) is 0.467. The van der Waals surface area contributed by atoms with Gasteiger partial charge in [0.2, 0.25) is 0 Å². The highest BCUT2D eigenvalue weighted by atomic mass is 16.3. The Labute approximate surface area is 99.9 Å². The fourth-order valence-corrected chi connectivity index (χ4v) is 1.33. The summed E-state index contributed by atoms with van der Waals surface area (Å²) in [5, 5.41) is 8.93. The lowest BCUT2D eigenvalue weighted by Crippen LogP contribution is -1.90. The topological polar surface area (TPSA) is 20.2 Å². The molecule has 1 heteroatoms. The second kappa shape index (κ2) is 8.12. The van der Waals surface area contributed by atoms with Crippen LogP contribution >= 0.6 is 0 Å². The van der Waals surface area contributed by atoms with E-state index in [0.29, 0.717) is 0 Å². The van der Waals surface area contributed by atoms with Gasteiger partial charge in [-0.05, 0) is 40.0 Å². The van der Waals surface area contributed by atoms with Crippen molar-refractivity contribution in [3.05, 3.63) is 47.6 Å². The summed E-state index contributed by atoms with van der Waals surface area (Å²) < 4.78 is 0. The first-order valence-corrected chi connectivity index (χ1v) is 5.73. The normalized spacial score (nSPS) is 11.1. The van der Waals surface area contributed by atoms with Crippen LogP contribution in [-0.4, -0.2) is 11.7 Å². The Bertz CT molecular complexity index is 301. The van der Waals surface area contributed by atoms with Gasteiger partial charge in [-0.3, -0.25) is 0 Å². The minimum absolute atomic E-state index is 0.148. The Kier molecular flexibility index (Phi) is 7.57. The van der Waals surface area contributed by atoms with Crippen LogP contribution in [-0.2, 0) is 0 Å². The smallest absolute Gasteiger partial charge is 0.0639 e. The first kappa shape index (κ1) is 14.9. The maximum Gasteiger partial charge on any atom is 0.0639 e. The van der Waals surface area contributed by atoms with Crippen LogP contribution in [0.1, 0.15) is 40.0 Å². The average molecular weight is 220 g/mol. The lowest BCUT2D eigenvalue weighted by molar-refractivity contribution is 0.331. The molecule has 0 radical (unpaired) electrons. The standard InChI is InChI=1S/C15H24O/c1-6-13(4)7-9-15(12(2)3)10-8-14(5)11-16/h6,8,16H,1,4,7,9-11H2,2-3,5H3. The molecule has 0 aliphatic heterocycles. The third kappa shape index (κ3) is 6.41. The quantitative estimate of drug-likeness (QED) is 0.504. The van der Waals surface area contributed by atoms with Gasteiger partial charge in [0.1, 0.15) is 0 Å². The molecule has 0 bridgehead atoms. The molecule has 0 atom stereocenters. The lowest BCUT2D eigenvalue weighted by Gasteiger charge is -2.08. The molecule has 0 heterocycles. The van der Waals surface area contributed by atoms with E-state index in [4.69, 9.17) is 5.11 Å². The van der Waals surface area contributed by atoms with Crippen molar-refractivity contribution >= 4 is 0 Å². The average Bonchev–Trinajstić information content (AvgIpc) is 2.27. The number of rotatable bonds is 7. The zero-order valence-corrected chi connectivity index (χ0v) is 10.8. The van der Waals surface area contributed by atoms with Crippen molar-refractivity contribution < 1.29 is 5.11 Å². The second-order valence-corrected chi connectivity index (χ2v) is 4.38. The van der Waals surface area contributed by atoms with Crippen molar-refractivity contribution in [2.45, 2.75) is 40.0 Å². The molecular formula is C15H24O. The molecule has 16 heavy (non-hydrogen) atoms. The Balaban J connectivity index is 4.38. The summed E-state index contributed by atoms with van der Waals surface area (Å²) in [5.41, 5.74) is 4.90. The summed E-state index contributed by atoms with van der Waals surface area (Å²) >= 11 is 0. The van der Waals surface area contributed by atoms with Gasteiger partial charge in [0.15, 0.2) is 0 Å². The van der Waals surface area contributed by atoms with Crippen LogP contribution in [0.5, 0.6) is 0 Å². The number of aliphatic hydroxyl groups excluding tert-OH is 1. The van der Waals surface area contributed by atoms with Gasteiger partial charge in [-0.1, -0.05) is 47.6 Å². The van der Waals surface area contributed by atoms with E-state index in [1.165, 1.54) is 11.1 Å². The van der Waals surface area contributed by atoms with Crippen molar-refractivity contribution in [2.75, 3.05) is 6.61 Å². The van der Waals surface area contributed by atoms with Crippen LogP contribution < -0.4 is 0 Å². The molecule has 0 aliphatic rings. The van der Waals surface area contributed by atoms with Crippen molar-refractivity contribution in [1.29, 1.82) is 0 Å². The van der Waals surface area contributed by atoms with E-state index in [2.05, 4.69) is 33.1 Å². The fourth-order valence-electron chi connectivity index (χ4n) is 1.33. The van der Waals surface area contributed by atoms with E-state index in [0.717, 1.165) is 30.4 Å². The molecule has 0 fully saturated rings. The SMILES string of the molecule is C=CC(=C)CCC(CC=C(C)CO)=C(C)C. The minimum atomic E-state index is 0.148. The molecule has 0 amide bonds. The summed E-state index contributed by atoms with van der Waals surface area (Å²) in [6.45, 7) is 14.0. The van der Waals surface area contributed by atoms with Crippen molar-refractivity contribution in [3.63, 3.8) is 0 Å². The summed E-state index contributed by atoms with van der Waals surface area (Å²) in [4.78, 5) is 0. The van der Waals surface area contributed by atoms with Gasteiger partial charge in [0, 0.05) is 0 Å². The predicted octanol–water partition coefficient (Wildman–Crippen LogP) is 4.17. The van der Waals surface area contributed by atoms with Crippen LogP contribution in [0.15, 0.2) is 47.6 Å². The van der Waals surface area contributed by atoms with Gasteiger partial charge >= 0.3 is 0 Å². The summed E-state index contributed by atoms with van der Waals surface area (Å²) in [6.07, 6.45) is 6.84. The van der Waals surface area contributed by atoms with Gasteiger partial charge in [-0.2, -0.15) is 0 Å². The molecule has 0 saturated heterocycles. The van der Waals surface area contributed by atoms with Gasteiger partial charge < -0.3 is 5.11 Å². The monoisotopic (exact) mass is 220 g/mol. The number of aliphatic hydroxyl groups is 1. The Morgan fingerprint density at radius 3 is 2.25 bits per heavy atom. The van der Waals surface area contributed by atoms with Gasteiger partial charge in [-0.15, -0.1) is 0 Å². The third-order valence-electron chi connectivity index (χ3n) is 2.69. The van der Waals surface area contributed by atoms with E-state index < -0.39 is 0 Å². The van der Waals surface area contributed by atoms with Crippen LogP contribution in [0, 0.1) is 0 Å². The zero-order valence-electron chi connectivity index (χ0n) is 10.8. The summed E-state index contributed by atoms with van der Waals surface area (Å²) in [5.74, 6) is 0. The second-order valence-electron chi connectivity index (χ2n) is 4.38. The highest BCUT2D eigenvalue weighted by molar-refractivity contribution is 5.19. The van der Waals surface area contributed by atoms with Crippen LogP contribution in [0.3, 0.4) is 0 Å². The largest absolute Gasteiger partial charge is 0.392 e. The molecule has 1 N–H and O–H groups in total. The summed E-state index contributed by atoms with van der Waals surface area (Å²) in [6, 6.07) is 0. The predicted molar refractivity (Wildman–Crippen MR) is 72.4 cm³/mol. The van der Waals surface area contributed by atoms with Crippen LogP contribution in [0.25, 0.3) is 0 Å². The molecule has 0 aromatic heterocycles. The highest BCUT2D eigenvalue weighted by Crippen LogP contribution is 2.19. The molecule has 1 nitrogen and oxygen atoms in total. The van der Waals surface area contributed by atoms with Crippen molar-refractivity contribution in [2.24, 2.45) is 0 Å². The molecule has 0 rings (SSSR count). The van der Waals surface area contributed by atoms with Crippen LogP contribution in [0.4, 0.5) is 0 Å². The van der Waals surface area contributed by atoms with E-state index in [1.54, 1.807) is 0 Å². The molecule has 0 aliphatic carbocycles. The van der Waals surface area contributed by atoms with E-state index in [-0.39, 0.29) is 6.61 Å². The summed E-state index contributed by atoms with van der Waals surface area (Å²) in [7, 11) is 0. The van der Waals surface area contributed by atoms with Gasteiger partial charge in [0.25, 0.3) is 0 Å². The highest BCUT2D eigenvalue weighted by Gasteiger charge is 2.00. The Morgan fingerprint density at radius 1 is 1.19 bits per heavy atom. The first-order chi connectivity index (χ1) is 7.51. The Morgan fingerprint density at radius 2 is 1.81 bits per heavy atom. The van der Waals surface area contributed by atoms with E-state index in [1.807, 2.05) is 13.0 Å². The number of allylic oxidation sites excluding steroid dienone is 5. The van der Waals surface area contributed by atoms with Crippen molar-refractivity contribution in [3.8, 4) is 0 Å². The van der Waals surface area contributed by atoms with Gasteiger partial charge in [0.05, 0.1) is 6.61 Å². The lowest BCUT2D eigenvalue weighted by atomic mass is 9.98. The van der Waals surface area contributed by atoms with Crippen molar-refractivity contribution in [1.82, 2.24) is 0 Å². The molecule has 0 aromatic carbocycles. The molecule has 0 aromatic rings. The maximum atomic E-state index is 8.93. The molecule has 0 unspecified atom stereocenters. The third-order valence-corrected chi connectivity index (χ3v) is 2.69. The molecule has 0 saturated carbocycles. The van der Waals surface area contributed by atoms with Gasteiger partial charge in [-0.25, -0.2) is 0 Å². The van der Waals surface area contributed by atoms with E-state index in [9.17, 15) is 0 Å². The number of hydrogen-bond donors (Lipinski definition) is 1. The Hall–Kier alpha value is -1.08. The van der Waals surface area contributed by atoms with Crippen LogP contribution in [0.2, 0.25) is 0 Å². The number of hydrogen-bond acceptors (Lipinski definition) is 1. The molecule has 0 spiro atoms. The molecule has 90 valence electrons. The van der Waals surface area contributed by atoms with E-state index >= 15 is 0 Å². The maximum absolute atomic E-state index is 8.93. The first-order valence-electron chi connectivity index (χ1n) is 5.73. The minimum Gasteiger partial charge on any atom is -0.392 e.